The third-order valence-electron chi connectivity index (χ3n) is 15.4. The Kier molecular flexibility index (Phi) is 23.9. The first-order chi connectivity index (χ1) is 33.1. The highest BCUT2D eigenvalue weighted by atomic mass is 32.2. The number of carbonyl (C=O) groups excluding carboxylic acids is 5. The molecule has 396 valence electrons. The summed E-state index contributed by atoms with van der Waals surface area (Å²) in [6, 6.07) is -2.12. The third-order valence-corrected chi connectivity index (χ3v) is 15.9. The molecule has 2 aliphatic carbocycles. The summed E-state index contributed by atoms with van der Waals surface area (Å²) >= 11 is -2.68. The molecule has 0 radical (unpaired) electrons. The average Bonchev–Trinajstić information content (AvgIpc) is 3.86. The van der Waals surface area contributed by atoms with Gasteiger partial charge in [-0.3, -0.25) is 23.4 Å². The van der Waals surface area contributed by atoms with Crippen molar-refractivity contribution in [2.24, 2.45) is 35.5 Å². The van der Waals surface area contributed by atoms with Crippen molar-refractivity contribution in [3.8, 4) is 0 Å². The molecule has 17 heteroatoms. The second-order valence-corrected chi connectivity index (χ2v) is 21.4. The number of methoxy groups -OCH3 is 2. The first-order valence-electron chi connectivity index (χ1n) is 25.5. The van der Waals surface area contributed by atoms with Gasteiger partial charge in [-0.15, -0.1) is 0 Å². The van der Waals surface area contributed by atoms with E-state index in [4.69, 9.17) is 23.7 Å². The molecule has 15 atom stereocenters. The average molecular weight is 1000 g/mol. The number of nitrogens with one attached hydrogen (secondary N) is 1. The van der Waals surface area contributed by atoms with E-state index in [1.807, 2.05) is 13.0 Å². The number of ether oxygens (including phenoxy) is 5. The highest BCUT2D eigenvalue weighted by molar-refractivity contribution is 7.77. The minimum Gasteiger partial charge on any atom is -0.760 e. The number of nitrogens with zero attached hydrogens (tertiary/aromatic N) is 1. The number of aliphatic hydroxyl groups is 2. The molecule has 2 heterocycles. The molecule has 3 fully saturated rings. The molecule has 2 bridgehead atoms. The van der Waals surface area contributed by atoms with Crippen LogP contribution in [0.15, 0.2) is 47.6 Å². The van der Waals surface area contributed by atoms with Crippen LogP contribution < -0.4 is 4.72 Å². The summed E-state index contributed by atoms with van der Waals surface area (Å²) in [6.45, 7) is 12.4. The first-order valence-corrected chi connectivity index (χ1v) is 26.6. The van der Waals surface area contributed by atoms with Gasteiger partial charge in [0.05, 0.1) is 18.3 Å². The minimum atomic E-state index is -2.68. The molecule has 8 unspecified atom stereocenters. The van der Waals surface area contributed by atoms with Gasteiger partial charge in [-0.2, -0.15) is 0 Å². The van der Waals surface area contributed by atoms with Gasteiger partial charge in [0.1, 0.15) is 30.1 Å². The lowest BCUT2D eigenvalue weighted by molar-refractivity contribution is -0.263. The number of likely N-dealkylation sites (N-methyl/N-ethyl adjacent to an activating group) is 1. The van der Waals surface area contributed by atoms with Crippen LogP contribution >= 0.6 is 0 Å². The zero-order valence-electron chi connectivity index (χ0n) is 43.3. The molecular weight excluding hydrogens is 921 g/mol. The summed E-state index contributed by atoms with van der Waals surface area (Å²) in [7, 11) is 4.30. The van der Waals surface area contributed by atoms with E-state index in [0.717, 1.165) is 30.8 Å². The lowest BCUT2D eigenvalue weighted by Gasteiger charge is -2.42. The van der Waals surface area contributed by atoms with Gasteiger partial charge >= 0.3 is 5.97 Å². The molecule has 4 rings (SSSR count). The zero-order chi connectivity index (χ0) is 51.9. The molecule has 0 spiro atoms. The number of ketones is 3. The maximum absolute atomic E-state index is 14.1. The molecular formula is C53H83N2O14S-. The highest BCUT2D eigenvalue weighted by Crippen LogP contribution is 2.38. The normalized spacial score (nSPS) is 38.2. The van der Waals surface area contributed by atoms with E-state index in [2.05, 4.69) is 4.72 Å². The molecule has 70 heavy (non-hydrogen) atoms. The Labute approximate surface area is 419 Å². The molecule has 0 aromatic carbocycles. The fraction of sp³-hybridized carbons (Fsp3) is 0.755. The predicted molar refractivity (Wildman–Crippen MR) is 264 cm³/mol. The second-order valence-electron chi connectivity index (χ2n) is 20.7. The van der Waals surface area contributed by atoms with Crippen molar-refractivity contribution >= 4 is 40.5 Å². The third kappa shape index (κ3) is 16.6. The Morgan fingerprint density at radius 2 is 1.60 bits per heavy atom. The van der Waals surface area contributed by atoms with Crippen LogP contribution in [0.25, 0.3) is 0 Å². The van der Waals surface area contributed by atoms with Crippen molar-refractivity contribution in [1.29, 1.82) is 0 Å². The van der Waals surface area contributed by atoms with Crippen molar-refractivity contribution < 1.29 is 66.6 Å². The van der Waals surface area contributed by atoms with Crippen LogP contribution in [0.4, 0.5) is 0 Å². The number of hydrogen-bond donors (Lipinski definition) is 3. The fourth-order valence-electron chi connectivity index (χ4n) is 10.4. The van der Waals surface area contributed by atoms with Crippen LogP contribution in [-0.2, 0) is 58.9 Å². The molecule has 4 aliphatic rings. The van der Waals surface area contributed by atoms with E-state index in [1.54, 1.807) is 72.1 Å². The highest BCUT2D eigenvalue weighted by Gasteiger charge is 2.52. The molecule has 3 N–H and O–H groups in total. The Hall–Kier alpha value is -3.26. The van der Waals surface area contributed by atoms with Gasteiger partial charge in [0.2, 0.25) is 5.79 Å². The van der Waals surface area contributed by atoms with Gasteiger partial charge in [0, 0.05) is 69.4 Å². The van der Waals surface area contributed by atoms with Gasteiger partial charge < -0.3 is 43.4 Å². The maximum atomic E-state index is 14.1. The summed E-state index contributed by atoms with van der Waals surface area (Å²) < 4.78 is 56.3. The number of allylic oxidation sites excluding steroid dienone is 6. The standard InChI is InChI=1S/C53H84N2O14S/c1-32-18-14-12-11-13-15-19-33(2)47(57)49(66-10)48(58)36(5)26-34(3)43(56)30-45(35(4)27-40-23-25-44(46(28-40)65-9)67-31-39-20-16-17-21-39)68-52(61)38(7)55(8)51(60)50(59)53(62)37(6)22-24-41(69-53)29-42(32)54-70(63)64/h11-14,18,26,33-35,37-42,44-46,48-49,54,58,62H,15-17,19-25,27-31H2,1-10H3,(H,63,64)/p-1/b13-11-,14-12-,32-18-,36-26-/t33?,34?,35-,37+,38?,40+,41-,42?,44-,45?,46-,48?,49?,53+/m1/s1. The lowest BCUT2D eigenvalue weighted by atomic mass is 9.78. The second kappa shape index (κ2) is 28.3. The Balaban J connectivity index is 1.63. The SMILES string of the molecule is COC1C(=O)C(C)CC\C=C/C=C\C=C(\C)C(NS(=O)[O-])C[C@H]2CC[C@H](C)[C@](O)(O2)C(=O)C(=O)N(C)C(C)C(=O)OC([C@H](C)C[C@@H]2CC[C@@H](OCC3CCCC3)[C@H](OC)C2)CC(=O)C(C)/C=C(/C)C1O. The summed E-state index contributed by atoms with van der Waals surface area (Å²) in [4.78, 5) is 70.7. The minimum absolute atomic E-state index is 0.0254. The lowest BCUT2D eigenvalue weighted by Crippen LogP contribution is -2.59. The number of esters is 1. The number of Topliss-reactive ketones (excluding diaryl/α,β-unsaturated/α-hetero) is 3. The van der Waals surface area contributed by atoms with E-state index < -0.39 is 89.0 Å². The molecule has 0 aromatic rings. The number of fused-ring (bicyclic) bond motifs is 2. The van der Waals surface area contributed by atoms with Gasteiger partial charge in [0.15, 0.2) is 5.78 Å². The number of carbonyl (C=O) groups is 5. The van der Waals surface area contributed by atoms with Crippen molar-refractivity contribution in [3.05, 3.63) is 47.6 Å². The Morgan fingerprint density at radius 3 is 2.26 bits per heavy atom. The zero-order valence-corrected chi connectivity index (χ0v) is 44.1. The number of aliphatic hydroxyl groups excluding tert-OH is 1. The molecule has 16 nitrogen and oxygen atoms in total. The van der Waals surface area contributed by atoms with Crippen LogP contribution in [0.3, 0.4) is 0 Å². The number of amides is 1. The van der Waals surface area contributed by atoms with Gasteiger partial charge in [-0.1, -0.05) is 82.6 Å². The van der Waals surface area contributed by atoms with Crippen LogP contribution in [0.2, 0.25) is 0 Å². The molecule has 2 aliphatic heterocycles. The summed E-state index contributed by atoms with van der Waals surface area (Å²) in [5.74, 6) is -8.15. The number of rotatable bonds is 10. The van der Waals surface area contributed by atoms with Gasteiger partial charge in [-0.05, 0) is 115 Å². The molecule has 1 saturated heterocycles. The summed E-state index contributed by atoms with van der Waals surface area (Å²) in [5.41, 5.74) is 0.978. The largest absolute Gasteiger partial charge is 0.760 e. The maximum Gasteiger partial charge on any atom is 0.328 e. The Morgan fingerprint density at radius 1 is 0.900 bits per heavy atom. The van der Waals surface area contributed by atoms with E-state index in [1.165, 1.54) is 46.8 Å². The van der Waals surface area contributed by atoms with Crippen molar-refractivity contribution in [1.82, 2.24) is 9.62 Å². The molecule has 2 saturated carbocycles. The smallest absolute Gasteiger partial charge is 0.328 e. The molecule has 1 amide bonds. The van der Waals surface area contributed by atoms with E-state index in [-0.39, 0.29) is 54.9 Å². The van der Waals surface area contributed by atoms with Gasteiger partial charge in [0.25, 0.3) is 11.7 Å². The van der Waals surface area contributed by atoms with Crippen molar-refractivity contribution in [3.63, 3.8) is 0 Å². The summed E-state index contributed by atoms with van der Waals surface area (Å²) in [5, 5.41) is 23.2. The van der Waals surface area contributed by atoms with Crippen molar-refractivity contribution in [2.45, 2.75) is 193 Å². The van der Waals surface area contributed by atoms with Crippen LogP contribution in [0.1, 0.15) is 138 Å². The first kappa shape index (κ1) is 59.3. The van der Waals surface area contributed by atoms with E-state index in [0.29, 0.717) is 42.7 Å². The van der Waals surface area contributed by atoms with Crippen LogP contribution in [-0.4, -0.2) is 135 Å². The monoisotopic (exact) mass is 1000 g/mol. The topological polar surface area (TPSA) is 227 Å². The predicted octanol–water partition coefficient (Wildman–Crippen LogP) is 6.35. The van der Waals surface area contributed by atoms with Crippen molar-refractivity contribution in [2.75, 3.05) is 27.9 Å². The number of cyclic esters (lactones) is 1. The number of hydrogen-bond acceptors (Lipinski definition) is 14. The van der Waals surface area contributed by atoms with E-state index >= 15 is 0 Å². The Bertz CT molecular complexity index is 1910. The van der Waals surface area contributed by atoms with Crippen LogP contribution in [0, 0.1) is 35.5 Å². The van der Waals surface area contributed by atoms with E-state index in [9.17, 15) is 42.9 Å². The molecule has 0 aromatic heterocycles. The quantitative estimate of drug-likeness (QED) is 0.0938. The van der Waals surface area contributed by atoms with Crippen LogP contribution in [0.5, 0.6) is 0 Å². The van der Waals surface area contributed by atoms with Gasteiger partial charge in [-0.25, -0.2) is 9.52 Å². The summed E-state index contributed by atoms with van der Waals surface area (Å²) in [6.07, 6.45) is 15.3. The fourth-order valence-corrected chi connectivity index (χ4v) is 10.9.